The fourth-order valence-corrected chi connectivity index (χ4v) is 4.80. The van der Waals surface area contributed by atoms with Crippen molar-refractivity contribution in [1.29, 1.82) is 0 Å². The Balaban J connectivity index is 1.44. The summed E-state index contributed by atoms with van der Waals surface area (Å²) in [4.78, 5) is 18.7. The molecule has 1 amide bonds. The molecule has 8 nitrogen and oxygen atoms in total. The summed E-state index contributed by atoms with van der Waals surface area (Å²) in [6, 6.07) is 5.57. The fraction of sp³-hybridized carbons (Fsp3) is 0.455. The maximum atomic E-state index is 12.0. The van der Waals surface area contributed by atoms with Gasteiger partial charge in [0, 0.05) is 30.4 Å². The summed E-state index contributed by atoms with van der Waals surface area (Å²) in [5.74, 6) is -1.61. The molecule has 0 unspecified atom stereocenters. The van der Waals surface area contributed by atoms with E-state index in [0.29, 0.717) is 12.0 Å². The number of nitrogens with zero attached hydrogens (tertiary/aromatic N) is 2. The number of aliphatic hydroxyl groups is 1. The number of amides is 1. The van der Waals surface area contributed by atoms with Crippen LogP contribution in [-0.4, -0.2) is 54.7 Å². The molecule has 1 aliphatic heterocycles. The minimum atomic E-state index is -3.61. The highest BCUT2D eigenvalue weighted by Crippen LogP contribution is 2.13. The number of allylic oxidation sites excluding steroid dienone is 1. The van der Waals surface area contributed by atoms with Crippen LogP contribution in [0.2, 0.25) is 0 Å². The summed E-state index contributed by atoms with van der Waals surface area (Å²) in [6.07, 6.45) is 10.3. The molecule has 9 heteroatoms. The molecule has 168 valence electrons. The van der Waals surface area contributed by atoms with Crippen molar-refractivity contribution in [1.82, 2.24) is 15.2 Å². The van der Waals surface area contributed by atoms with Crippen molar-refractivity contribution in [2.45, 2.75) is 38.0 Å². The molecule has 3 heterocycles. The second-order valence-corrected chi connectivity index (χ2v) is 9.90. The number of hydrogen-bond donors (Lipinski definition) is 2. The van der Waals surface area contributed by atoms with Crippen LogP contribution in [0.15, 0.2) is 53.2 Å². The predicted molar refractivity (Wildman–Crippen MR) is 117 cm³/mol. The van der Waals surface area contributed by atoms with Crippen molar-refractivity contribution in [3.8, 4) is 0 Å². The zero-order chi connectivity index (χ0) is 22.1. The normalized spacial score (nSPS) is 15.7. The van der Waals surface area contributed by atoms with Crippen LogP contribution >= 0.6 is 0 Å². The van der Waals surface area contributed by atoms with E-state index in [0.717, 1.165) is 25.3 Å². The molecule has 0 spiro atoms. The van der Waals surface area contributed by atoms with Crippen molar-refractivity contribution in [2.75, 3.05) is 25.4 Å². The number of pyridine rings is 1. The molecular formula is C22H29N3O5S. The first kappa shape index (κ1) is 23.0. The summed E-state index contributed by atoms with van der Waals surface area (Å²) < 4.78 is 28.9. The minimum absolute atomic E-state index is 0.0381. The van der Waals surface area contributed by atoms with Crippen LogP contribution in [0.4, 0.5) is 0 Å². The molecule has 3 rings (SSSR count). The Bertz CT molecular complexity index is 980. The highest BCUT2D eigenvalue weighted by Gasteiger charge is 2.18. The SMILES string of the molecule is O=C(CS(=O)(=O)Cc1ccoc1)NC/C(O)=C/Cc1cc(CN2CCCCC2)ccn1. The molecule has 1 aliphatic rings. The Morgan fingerprint density at radius 2 is 2.03 bits per heavy atom. The van der Waals surface area contributed by atoms with Crippen molar-refractivity contribution in [2.24, 2.45) is 0 Å². The molecule has 2 aromatic rings. The number of aromatic nitrogens is 1. The molecule has 0 aliphatic carbocycles. The molecule has 1 fully saturated rings. The van der Waals surface area contributed by atoms with Gasteiger partial charge in [0.1, 0.15) is 11.5 Å². The van der Waals surface area contributed by atoms with Gasteiger partial charge in [-0.15, -0.1) is 0 Å². The van der Waals surface area contributed by atoms with E-state index in [9.17, 15) is 18.3 Å². The van der Waals surface area contributed by atoms with E-state index in [1.54, 1.807) is 18.3 Å². The Kier molecular flexibility index (Phi) is 8.25. The van der Waals surface area contributed by atoms with E-state index in [2.05, 4.69) is 15.2 Å². The van der Waals surface area contributed by atoms with Crippen LogP contribution in [0.3, 0.4) is 0 Å². The molecule has 31 heavy (non-hydrogen) atoms. The first-order valence-corrected chi connectivity index (χ1v) is 12.2. The van der Waals surface area contributed by atoms with Gasteiger partial charge in [0.05, 0.1) is 24.8 Å². The van der Waals surface area contributed by atoms with E-state index >= 15 is 0 Å². The van der Waals surface area contributed by atoms with Gasteiger partial charge < -0.3 is 14.8 Å². The number of likely N-dealkylation sites (tertiary alicyclic amines) is 1. The van der Waals surface area contributed by atoms with Gasteiger partial charge in [0.15, 0.2) is 9.84 Å². The lowest BCUT2D eigenvalue weighted by atomic mass is 10.1. The first-order valence-electron chi connectivity index (χ1n) is 10.4. The zero-order valence-electron chi connectivity index (χ0n) is 17.5. The van der Waals surface area contributed by atoms with E-state index < -0.39 is 21.5 Å². The highest BCUT2D eigenvalue weighted by atomic mass is 32.2. The van der Waals surface area contributed by atoms with Crippen LogP contribution in [0.25, 0.3) is 0 Å². The third-order valence-corrected chi connectivity index (χ3v) is 6.54. The average Bonchev–Trinajstić information content (AvgIpc) is 3.23. The molecule has 0 radical (unpaired) electrons. The molecule has 0 aromatic carbocycles. The van der Waals surface area contributed by atoms with E-state index in [1.807, 2.05) is 12.1 Å². The molecule has 1 saturated heterocycles. The van der Waals surface area contributed by atoms with Crippen molar-refractivity contribution in [3.05, 3.63) is 65.6 Å². The Morgan fingerprint density at radius 1 is 1.23 bits per heavy atom. The fourth-order valence-electron chi connectivity index (χ4n) is 3.53. The summed E-state index contributed by atoms with van der Waals surface area (Å²) in [5, 5.41) is 12.5. The number of nitrogens with one attached hydrogen (secondary N) is 1. The number of sulfone groups is 1. The lowest BCUT2D eigenvalue weighted by molar-refractivity contribution is -0.118. The van der Waals surface area contributed by atoms with E-state index in [4.69, 9.17) is 4.42 Å². The minimum Gasteiger partial charge on any atom is -0.511 e. The maximum absolute atomic E-state index is 12.0. The third kappa shape index (κ3) is 8.18. The molecule has 2 N–H and O–H groups in total. The monoisotopic (exact) mass is 447 g/mol. The summed E-state index contributed by atoms with van der Waals surface area (Å²) in [5.41, 5.74) is 2.51. The molecule has 0 atom stereocenters. The van der Waals surface area contributed by atoms with Gasteiger partial charge in [0.2, 0.25) is 5.91 Å². The number of carbonyl (C=O) groups is 1. The summed E-state index contributed by atoms with van der Waals surface area (Å²) in [7, 11) is -3.61. The van der Waals surface area contributed by atoms with Gasteiger partial charge in [-0.05, 0) is 55.8 Å². The number of carbonyl (C=O) groups excluding carboxylic acids is 1. The molecule has 0 bridgehead atoms. The number of furan rings is 1. The summed E-state index contributed by atoms with van der Waals surface area (Å²) >= 11 is 0. The quantitative estimate of drug-likeness (QED) is 0.538. The van der Waals surface area contributed by atoms with Crippen LogP contribution in [-0.2, 0) is 33.4 Å². The second kappa shape index (κ2) is 11.1. The van der Waals surface area contributed by atoms with Crippen molar-refractivity contribution >= 4 is 15.7 Å². The zero-order valence-corrected chi connectivity index (χ0v) is 18.3. The average molecular weight is 448 g/mol. The summed E-state index contributed by atoms with van der Waals surface area (Å²) in [6.45, 7) is 3.01. The molecule has 2 aromatic heterocycles. The number of rotatable bonds is 10. The standard InChI is InChI=1S/C22H29N3O5S/c26-21(13-24-22(27)17-31(28,29)16-19-7-11-30-15-19)5-4-20-12-18(6-8-23-20)14-25-9-2-1-3-10-25/h5-8,11-12,15,26H,1-4,9-10,13-14,16-17H2,(H,24,27)/b21-5-. The Labute approximate surface area is 182 Å². The maximum Gasteiger partial charge on any atom is 0.235 e. The lowest BCUT2D eigenvalue weighted by Crippen LogP contribution is -2.32. The smallest absolute Gasteiger partial charge is 0.235 e. The van der Waals surface area contributed by atoms with Crippen molar-refractivity contribution < 1.29 is 22.7 Å². The number of aliphatic hydroxyl groups excluding tert-OH is 1. The lowest BCUT2D eigenvalue weighted by Gasteiger charge is -2.26. The number of hydrogen-bond acceptors (Lipinski definition) is 7. The van der Waals surface area contributed by atoms with Gasteiger partial charge in [-0.3, -0.25) is 14.7 Å². The van der Waals surface area contributed by atoms with Gasteiger partial charge in [-0.1, -0.05) is 6.42 Å². The van der Waals surface area contributed by atoms with Gasteiger partial charge in [-0.25, -0.2) is 8.42 Å². The van der Waals surface area contributed by atoms with E-state index in [1.165, 1.54) is 37.4 Å². The predicted octanol–water partition coefficient (Wildman–Crippen LogP) is 2.38. The third-order valence-electron chi connectivity index (χ3n) is 5.07. The van der Waals surface area contributed by atoms with E-state index in [-0.39, 0.29) is 18.1 Å². The molecule has 0 saturated carbocycles. The topological polar surface area (TPSA) is 113 Å². The van der Waals surface area contributed by atoms with Gasteiger partial charge in [0.25, 0.3) is 0 Å². The Morgan fingerprint density at radius 3 is 2.77 bits per heavy atom. The van der Waals surface area contributed by atoms with Gasteiger partial charge >= 0.3 is 0 Å². The molecular weight excluding hydrogens is 418 g/mol. The van der Waals surface area contributed by atoms with Crippen LogP contribution in [0, 0.1) is 0 Å². The van der Waals surface area contributed by atoms with Crippen LogP contribution < -0.4 is 5.32 Å². The highest BCUT2D eigenvalue weighted by molar-refractivity contribution is 7.91. The Hall–Kier alpha value is -2.65. The van der Waals surface area contributed by atoms with Gasteiger partial charge in [-0.2, -0.15) is 0 Å². The number of piperidine rings is 1. The first-order chi connectivity index (χ1) is 14.9. The largest absolute Gasteiger partial charge is 0.511 e. The second-order valence-electron chi connectivity index (χ2n) is 7.83. The van der Waals surface area contributed by atoms with Crippen LogP contribution in [0.5, 0.6) is 0 Å². The van der Waals surface area contributed by atoms with Crippen LogP contribution in [0.1, 0.15) is 36.1 Å². The van der Waals surface area contributed by atoms with Crippen molar-refractivity contribution in [3.63, 3.8) is 0 Å².